The molecule has 2 rings (SSSR count). The van der Waals surface area contributed by atoms with Gasteiger partial charge in [-0.1, -0.05) is 19.8 Å². The molecular weight excluding hydrogens is 264 g/mol. The van der Waals surface area contributed by atoms with Crippen LogP contribution >= 0.6 is 12.4 Å². The zero-order valence-corrected chi connectivity index (χ0v) is 12.6. The van der Waals surface area contributed by atoms with Crippen LogP contribution in [0.2, 0.25) is 0 Å². The van der Waals surface area contributed by atoms with Crippen molar-refractivity contribution < 1.29 is 9.53 Å². The van der Waals surface area contributed by atoms with Gasteiger partial charge in [0.25, 0.3) is 0 Å². The van der Waals surface area contributed by atoms with Gasteiger partial charge in [0.15, 0.2) is 0 Å². The van der Waals surface area contributed by atoms with Crippen LogP contribution in [-0.4, -0.2) is 31.2 Å². The molecule has 1 saturated heterocycles. The lowest BCUT2D eigenvalue weighted by molar-refractivity contribution is -0.130. The number of hydrogen-bond acceptors (Lipinski definition) is 3. The van der Waals surface area contributed by atoms with Crippen molar-refractivity contribution in [1.82, 2.24) is 5.32 Å². The highest BCUT2D eigenvalue weighted by Gasteiger charge is 2.36. The van der Waals surface area contributed by atoms with Gasteiger partial charge in [0.05, 0.1) is 5.54 Å². The summed E-state index contributed by atoms with van der Waals surface area (Å²) >= 11 is 0. The van der Waals surface area contributed by atoms with E-state index >= 15 is 0 Å². The van der Waals surface area contributed by atoms with Crippen LogP contribution < -0.4 is 11.1 Å². The molecule has 1 aliphatic carbocycles. The van der Waals surface area contributed by atoms with Gasteiger partial charge in [-0.25, -0.2) is 0 Å². The zero-order valence-electron chi connectivity index (χ0n) is 11.8. The fraction of sp³-hybridized carbons (Fsp3) is 0.929. The number of carbonyl (C=O) groups is 1. The molecular formula is C14H27ClN2O2. The van der Waals surface area contributed by atoms with E-state index in [-0.39, 0.29) is 18.3 Å². The maximum absolute atomic E-state index is 12.1. The summed E-state index contributed by atoms with van der Waals surface area (Å²) in [6.45, 7) is 4.31. The van der Waals surface area contributed by atoms with Crippen LogP contribution in [0.5, 0.6) is 0 Å². The third-order valence-electron chi connectivity index (χ3n) is 4.52. The van der Waals surface area contributed by atoms with E-state index in [2.05, 4.69) is 12.2 Å². The Morgan fingerprint density at radius 3 is 2.42 bits per heavy atom. The quantitative estimate of drug-likeness (QED) is 0.834. The lowest BCUT2D eigenvalue weighted by Crippen LogP contribution is -2.57. The van der Waals surface area contributed by atoms with Crippen molar-refractivity contribution in [3.05, 3.63) is 0 Å². The monoisotopic (exact) mass is 290 g/mol. The van der Waals surface area contributed by atoms with Crippen molar-refractivity contribution in [2.75, 3.05) is 19.8 Å². The standard InChI is InChI=1S/C14H26N2O2.ClH/c1-11-2-4-12(5-3-11)10-16-13(17)14(15)6-8-18-9-7-14;/h11-12H,2-10,15H2,1H3,(H,16,17);1H. The Morgan fingerprint density at radius 2 is 1.84 bits per heavy atom. The Morgan fingerprint density at radius 1 is 1.26 bits per heavy atom. The van der Waals surface area contributed by atoms with Crippen molar-refractivity contribution in [2.45, 2.75) is 51.0 Å². The van der Waals surface area contributed by atoms with E-state index in [1.807, 2.05) is 0 Å². The minimum Gasteiger partial charge on any atom is -0.381 e. The molecule has 19 heavy (non-hydrogen) atoms. The molecule has 2 aliphatic rings. The number of nitrogens with two attached hydrogens (primary N) is 1. The Hall–Kier alpha value is -0.320. The first kappa shape index (κ1) is 16.7. The second-order valence-electron chi connectivity index (χ2n) is 6.10. The Kier molecular flexibility index (Phi) is 6.57. The van der Waals surface area contributed by atoms with Crippen LogP contribution in [0.1, 0.15) is 45.4 Å². The first-order valence-corrected chi connectivity index (χ1v) is 7.25. The van der Waals surface area contributed by atoms with E-state index in [0.29, 0.717) is 32.0 Å². The molecule has 4 nitrogen and oxygen atoms in total. The first-order valence-electron chi connectivity index (χ1n) is 7.25. The molecule has 1 aliphatic heterocycles. The highest BCUT2D eigenvalue weighted by atomic mass is 35.5. The molecule has 0 atom stereocenters. The van der Waals surface area contributed by atoms with Gasteiger partial charge >= 0.3 is 0 Å². The average molecular weight is 291 g/mol. The van der Waals surface area contributed by atoms with Gasteiger partial charge in [-0.15, -0.1) is 12.4 Å². The summed E-state index contributed by atoms with van der Waals surface area (Å²) < 4.78 is 5.26. The van der Waals surface area contributed by atoms with Crippen LogP contribution in [0.4, 0.5) is 0 Å². The highest BCUT2D eigenvalue weighted by molar-refractivity contribution is 5.86. The summed E-state index contributed by atoms with van der Waals surface area (Å²) in [4.78, 5) is 12.1. The molecule has 3 N–H and O–H groups in total. The maximum atomic E-state index is 12.1. The van der Waals surface area contributed by atoms with Crippen LogP contribution in [0.25, 0.3) is 0 Å². The predicted molar refractivity (Wildman–Crippen MR) is 78.4 cm³/mol. The summed E-state index contributed by atoms with van der Waals surface area (Å²) in [5, 5.41) is 3.06. The van der Waals surface area contributed by atoms with Gasteiger partial charge in [0.2, 0.25) is 5.91 Å². The number of carbonyl (C=O) groups excluding carboxylic acids is 1. The van der Waals surface area contributed by atoms with Gasteiger partial charge in [-0.05, 0) is 37.5 Å². The molecule has 0 bridgehead atoms. The minimum absolute atomic E-state index is 0. The van der Waals surface area contributed by atoms with Crippen LogP contribution in [0.3, 0.4) is 0 Å². The van der Waals surface area contributed by atoms with Crippen molar-refractivity contribution in [1.29, 1.82) is 0 Å². The lowest BCUT2D eigenvalue weighted by atomic mass is 9.82. The maximum Gasteiger partial charge on any atom is 0.240 e. The average Bonchev–Trinajstić information content (AvgIpc) is 2.38. The van der Waals surface area contributed by atoms with Crippen molar-refractivity contribution in [2.24, 2.45) is 17.6 Å². The number of amides is 1. The summed E-state index contributed by atoms with van der Waals surface area (Å²) in [6, 6.07) is 0. The summed E-state index contributed by atoms with van der Waals surface area (Å²) in [5.41, 5.74) is 5.45. The number of nitrogens with one attached hydrogen (secondary N) is 1. The fourth-order valence-corrected chi connectivity index (χ4v) is 2.91. The van der Waals surface area contributed by atoms with E-state index in [0.717, 1.165) is 12.5 Å². The minimum atomic E-state index is -0.694. The van der Waals surface area contributed by atoms with E-state index < -0.39 is 5.54 Å². The number of hydrogen-bond donors (Lipinski definition) is 2. The number of halogens is 1. The third kappa shape index (κ3) is 4.62. The van der Waals surface area contributed by atoms with E-state index in [9.17, 15) is 4.79 Å². The van der Waals surface area contributed by atoms with Crippen molar-refractivity contribution >= 4 is 18.3 Å². The SMILES string of the molecule is CC1CCC(CNC(=O)C2(N)CCOCC2)CC1.Cl. The number of ether oxygens (including phenoxy) is 1. The third-order valence-corrected chi connectivity index (χ3v) is 4.52. The van der Waals surface area contributed by atoms with Gasteiger partial charge in [-0.3, -0.25) is 4.79 Å². The van der Waals surface area contributed by atoms with Gasteiger partial charge in [0.1, 0.15) is 0 Å². The zero-order chi connectivity index (χ0) is 13.0. The molecule has 2 fully saturated rings. The molecule has 0 aromatic heterocycles. The van der Waals surface area contributed by atoms with Crippen molar-refractivity contribution in [3.8, 4) is 0 Å². The van der Waals surface area contributed by atoms with Crippen LogP contribution in [0.15, 0.2) is 0 Å². The molecule has 112 valence electrons. The predicted octanol–water partition coefficient (Wildman–Crippen LogP) is 1.86. The van der Waals surface area contributed by atoms with Gasteiger partial charge in [0, 0.05) is 19.8 Å². The molecule has 0 unspecified atom stereocenters. The van der Waals surface area contributed by atoms with E-state index in [1.54, 1.807) is 0 Å². The molecule has 0 radical (unpaired) electrons. The van der Waals surface area contributed by atoms with E-state index in [1.165, 1.54) is 25.7 Å². The Bertz CT molecular complexity index is 285. The van der Waals surface area contributed by atoms with Crippen LogP contribution in [0, 0.1) is 11.8 Å². The molecule has 0 aromatic rings. The largest absolute Gasteiger partial charge is 0.381 e. The van der Waals surface area contributed by atoms with Gasteiger partial charge < -0.3 is 15.8 Å². The Balaban J connectivity index is 0.00000180. The summed E-state index contributed by atoms with van der Waals surface area (Å²) in [5.74, 6) is 1.52. The normalized spacial score (nSPS) is 30.2. The smallest absolute Gasteiger partial charge is 0.240 e. The van der Waals surface area contributed by atoms with E-state index in [4.69, 9.17) is 10.5 Å². The van der Waals surface area contributed by atoms with Crippen molar-refractivity contribution in [3.63, 3.8) is 0 Å². The molecule has 5 heteroatoms. The molecule has 0 aromatic carbocycles. The fourth-order valence-electron chi connectivity index (χ4n) is 2.91. The highest BCUT2D eigenvalue weighted by Crippen LogP contribution is 2.28. The second kappa shape index (κ2) is 7.46. The Labute approximate surface area is 122 Å². The molecule has 1 amide bonds. The summed E-state index contributed by atoms with van der Waals surface area (Å²) in [7, 11) is 0. The topological polar surface area (TPSA) is 64.4 Å². The number of rotatable bonds is 3. The molecule has 1 heterocycles. The second-order valence-corrected chi connectivity index (χ2v) is 6.10. The summed E-state index contributed by atoms with van der Waals surface area (Å²) in [6.07, 6.45) is 6.34. The molecule has 0 spiro atoms. The lowest BCUT2D eigenvalue weighted by Gasteiger charge is -2.33. The first-order chi connectivity index (χ1) is 8.60. The molecule has 1 saturated carbocycles. The van der Waals surface area contributed by atoms with Crippen LogP contribution in [-0.2, 0) is 9.53 Å². The van der Waals surface area contributed by atoms with Gasteiger partial charge in [-0.2, -0.15) is 0 Å².